The first kappa shape index (κ1) is 11.3. The second-order valence-electron chi connectivity index (χ2n) is 1.36. The molecule has 48 valence electrons. The Morgan fingerprint density at radius 3 is 1.10 bits per heavy atom. The Hall–Kier alpha value is 1.31. The van der Waals surface area contributed by atoms with Gasteiger partial charge in [-0.3, -0.25) is 0 Å². The van der Waals surface area contributed by atoms with Gasteiger partial charge in [0.2, 0.25) is 0 Å². The number of rotatable bonds is 0. The first-order chi connectivity index (χ1) is 4.18. The minimum absolute atomic E-state index is 0. The van der Waals surface area contributed by atoms with Crippen molar-refractivity contribution in [2.75, 3.05) is 0 Å². The number of aromatic nitrogens is 3. The zero-order chi connectivity index (χ0) is 6.85. The number of hydrogen-bond acceptors (Lipinski definition) is 3. The second kappa shape index (κ2) is 5.04. The van der Waals surface area contributed by atoms with Crippen LogP contribution in [0.1, 0.15) is 0 Å². The van der Waals surface area contributed by atoms with Gasteiger partial charge in [-0.25, -0.2) is 0 Å². The average Bonchev–Trinajstić information content (AvgIpc) is 1.59. The molecule has 0 saturated heterocycles. The summed E-state index contributed by atoms with van der Waals surface area (Å²) in [6.45, 7) is 0. The molecule has 0 aliphatic heterocycles. The second-order valence-corrected chi connectivity index (χ2v) is 2.59. The van der Waals surface area contributed by atoms with Gasteiger partial charge in [-0.15, -0.1) is 0 Å². The van der Waals surface area contributed by atoms with E-state index in [1.807, 2.05) is 0 Å². The van der Waals surface area contributed by atoms with Crippen molar-refractivity contribution in [1.29, 1.82) is 0 Å². The van der Waals surface area contributed by atoms with E-state index in [4.69, 9.17) is 36.7 Å². The SMILES string of the molecule is S=c1[nH]c(=S)[nH]c(=S)[nH]1.[K+]. The molecule has 0 spiro atoms. The topological polar surface area (TPSA) is 47.4 Å². The van der Waals surface area contributed by atoms with Crippen molar-refractivity contribution in [3.63, 3.8) is 0 Å². The molecule has 1 aromatic rings. The zero-order valence-corrected chi connectivity index (χ0v) is 10.8. The minimum atomic E-state index is 0. The molecule has 0 unspecified atom stereocenters. The summed E-state index contributed by atoms with van der Waals surface area (Å²) in [5.41, 5.74) is 0. The largest absolute Gasteiger partial charge is 1.00 e. The average molecular weight is 216 g/mol. The summed E-state index contributed by atoms with van der Waals surface area (Å²) >= 11 is 14.2. The van der Waals surface area contributed by atoms with Crippen molar-refractivity contribution in [3.8, 4) is 0 Å². The Labute approximate surface area is 115 Å². The van der Waals surface area contributed by atoms with Gasteiger partial charge in [0.15, 0.2) is 14.3 Å². The summed E-state index contributed by atoms with van der Waals surface area (Å²) in [7, 11) is 0. The normalized spacial score (nSPS) is 8.40. The van der Waals surface area contributed by atoms with Crippen molar-refractivity contribution in [1.82, 2.24) is 15.0 Å². The van der Waals surface area contributed by atoms with Crippen LogP contribution >= 0.6 is 36.7 Å². The predicted octanol–water partition coefficient (Wildman–Crippen LogP) is -1.14. The molecule has 10 heavy (non-hydrogen) atoms. The van der Waals surface area contributed by atoms with Crippen LogP contribution in [-0.4, -0.2) is 15.0 Å². The minimum Gasteiger partial charge on any atom is -0.309 e. The van der Waals surface area contributed by atoms with Gasteiger partial charge in [-0.2, -0.15) is 0 Å². The summed E-state index contributed by atoms with van der Waals surface area (Å²) in [4.78, 5) is 7.99. The predicted molar refractivity (Wildman–Crippen MR) is 42.0 cm³/mol. The molecule has 3 nitrogen and oxygen atoms in total. The van der Waals surface area contributed by atoms with Gasteiger partial charge >= 0.3 is 51.4 Å². The third kappa shape index (κ3) is 3.63. The number of aromatic amines is 3. The van der Waals surface area contributed by atoms with Crippen LogP contribution in [0.25, 0.3) is 0 Å². The van der Waals surface area contributed by atoms with Crippen molar-refractivity contribution in [3.05, 3.63) is 14.3 Å². The summed E-state index contributed by atoms with van der Waals surface area (Å²) in [5, 5.41) is 0. The Morgan fingerprint density at radius 2 is 0.900 bits per heavy atom. The monoisotopic (exact) mass is 216 g/mol. The van der Waals surface area contributed by atoms with Crippen molar-refractivity contribution in [2.24, 2.45) is 0 Å². The van der Waals surface area contributed by atoms with Crippen LogP contribution in [-0.2, 0) is 0 Å². The first-order valence-corrected chi connectivity index (χ1v) is 3.34. The Kier molecular flexibility index (Phi) is 5.70. The molecule has 7 heteroatoms. The molecular formula is C3H3KN3S3+. The van der Waals surface area contributed by atoms with E-state index in [-0.39, 0.29) is 51.4 Å². The molecule has 1 rings (SSSR count). The van der Waals surface area contributed by atoms with Crippen LogP contribution in [0.2, 0.25) is 0 Å². The van der Waals surface area contributed by atoms with Gasteiger partial charge in [-0.05, 0) is 36.7 Å². The molecule has 0 aliphatic carbocycles. The Balaban J connectivity index is 0.000000810. The smallest absolute Gasteiger partial charge is 0.309 e. The third-order valence-corrected chi connectivity index (χ3v) is 1.29. The fourth-order valence-corrected chi connectivity index (χ4v) is 1.21. The fraction of sp³-hybridized carbons (Fsp3) is 0. The maximum Gasteiger partial charge on any atom is 1.00 e. The van der Waals surface area contributed by atoms with Crippen molar-refractivity contribution in [2.45, 2.75) is 0 Å². The molecule has 1 aromatic heterocycles. The maximum absolute atomic E-state index is 4.72. The van der Waals surface area contributed by atoms with E-state index < -0.39 is 0 Å². The van der Waals surface area contributed by atoms with Gasteiger partial charge in [0.1, 0.15) is 0 Å². The maximum atomic E-state index is 4.72. The number of H-pyrrole nitrogens is 3. The van der Waals surface area contributed by atoms with Gasteiger partial charge in [0, 0.05) is 0 Å². The summed E-state index contributed by atoms with van der Waals surface area (Å²) < 4.78 is 1.34. The molecule has 0 atom stereocenters. The number of nitrogens with one attached hydrogen (secondary N) is 3. The van der Waals surface area contributed by atoms with E-state index in [1.54, 1.807) is 0 Å². The van der Waals surface area contributed by atoms with Crippen LogP contribution in [0.5, 0.6) is 0 Å². The Bertz CT molecular complexity index is 281. The standard InChI is InChI=1S/C3H3N3S3.K/c7-1-4-2(8)6-3(9)5-1;/h(H3,4,5,6,7,8,9);/q;+1. The molecule has 0 fully saturated rings. The summed E-state index contributed by atoms with van der Waals surface area (Å²) in [5.74, 6) is 0. The molecule has 3 N–H and O–H groups in total. The van der Waals surface area contributed by atoms with Crippen LogP contribution in [0.15, 0.2) is 0 Å². The van der Waals surface area contributed by atoms with E-state index >= 15 is 0 Å². The van der Waals surface area contributed by atoms with Gasteiger partial charge < -0.3 is 15.0 Å². The third-order valence-electron chi connectivity index (χ3n) is 0.681. The Morgan fingerprint density at radius 1 is 0.700 bits per heavy atom. The van der Waals surface area contributed by atoms with Gasteiger partial charge in [0.25, 0.3) is 0 Å². The fourth-order valence-electron chi connectivity index (χ4n) is 0.403. The van der Waals surface area contributed by atoms with E-state index in [0.29, 0.717) is 14.3 Å². The summed E-state index contributed by atoms with van der Waals surface area (Å²) in [6, 6.07) is 0. The zero-order valence-electron chi connectivity index (χ0n) is 5.22. The van der Waals surface area contributed by atoms with E-state index in [0.717, 1.165) is 0 Å². The molecule has 0 aliphatic rings. The number of hydrogen-bond donors (Lipinski definition) is 3. The van der Waals surface area contributed by atoms with Crippen LogP contribution < -0.4 is 51.4 Å². The van der Waals surface area contributed by atoms with Gasteiger partial charge in [0.05, 0.1) is 0 Å². The van der Waals surface area contributed by atoms with Crippen LogP contribution in [0.3, 0.4) is 0 Å². The molecule has 0 radical (unpaired) electrons. The quantitative estimate of drug-likeness (QED) is 0.380. The van der Waals surface area contributed by atoms with E-state index in [9.17, 15) is 0 Å². The molecule has 0 bridgehead atoms. The van der Waals surface area contributed by atoms with E-state index in [1.165, 1.54) is 0 Å². The molecule has 0 aromatic carbocycles. The van der Waals surface area contributed by atoms with Crippen molar-refractivity contribution >= 4 is 36.7 Å². The first-order valence-electron chi connectivity index (χ1n) is 2.11. The molecule has 1 heterocycles. The van der Waals surface area contributed by atoms with E-state index in [2.05, 4.69) is 15.0 Å². The van der Waals surface area contributed by atoms with Crippen molar-refractivity contribution < 1.29 is 51.4 Å². The van der Waals surface area contributed by atoms with Crippen LogP contribution in [0.4, 0.5) is 0 Å². The van der Waals surface area contributed by atoms with Crippen LogP contribution in [0, 0.1) is 14.3 Å². The summed E-state index contributed by atoms with van der Waals surface area (Å²) in [6.07, 6.45) is 0. The molecule has 0 saturated carbocycles. The molecular weight excluding hydrogens is 213 g/mol. The molecule has 0 amide bonds. The van der Waals surface area contributed by atoms with Gasteiger partial charge in [-0.1, -0.05) is 0 Å².